The number of rotatable bonds is 2. The zero-order valence-electron chi connectivity index (χ0n) is 12.4. The smallest absolute Gasteiger partial charge is 0.242 e. The van der Waals surface area contributed by atoms with Crippen LogP contribution < -0.4 is 10.2 Å². The molecular formula is C15H20ClN3O2S. The molecule has 2 heterocycles. The van der Waals surface area contributed by atoms with E-state index in [2.05, 4.69) is 12.2 Å². The van der Waals surface area contributed by atoms with Gasteiger partial charge in [0.2, 0.25) is 11.8 Å². The number of nitrogens with zero attached hydrogens (tertiary/aromatic N) is 2. The summed E-state index contributed by atoms with van der Waals surface area (Å²) >= 11 is 1.54. The maximum absolute atomic E-state index is 12.5. The summed E-state index contributed by atoms with van der Waals surface area (Å²) in [5, 5.41) is 3.32. The molecule has 0 aromatic heterocycles. The number of hydrogen-bond acceptors (Lipinski definition) is 4. The topological polar surface area (TPSA) is 52.7 Å². The number of anilines is 1. The van der Waals surface area contributed by atoms with Crippen LogP contribution in [0.3, 0.4) is 0 Å². The lowest BCUT2D eigenvalue weighted by Crippen LogP contribution is -2.54. The molecule has 0 saturated carbocycles. The van der Waals surface area contributed by atoms with Crippen molar-refractivity contribution in [3.05, 3.63) is 24.3 Å². The number of carbonyl (C=O) groups excluding carboxylic acids is 2. The molecule has 1 aromatic carbocycles. The van der Waals surface area contributed by atoms with Crippen molar-refractivity contribution in [1.29, 1.82) is 0 Å². The molecule has 1 atom stereocenters. The summed E-state index contributed by atoms with van der Waals surface area (Å²) in [6, 6.07) is 8.08. The Balaban J connectivity index is 0.00000176. The first-order chi connectivity index (χ1) is 10.1. The van der Waals surface area contributed by atoms with Crippen LogP contribution in [0.4, 0.5) is 5.69 Å². The Hall–Kier alpha value is -1.24. The Morgan fingerprint density at radius 2 is 2.18 bits per heavy atom. The van der Waals surface area contributed by atoms with Crippen LogP contribution in [0, 0.1) is 0 Å². The fourth-order valence-electron chi connectivity index (χ4n) is 2.72. The summed E-state index contributed by atoms with van der Waals surface area (Å²) in [6.07, 6.45) is 0. The number of para-hydroxylation sites is 1. The lowest BCUT2D eigenvalue weighted by atomic mass is 10.2. The number of benzene rings is 1. The molecule has 1 aromatic rings. The zero-order valence-corrected chi connectivity index (χ0v) is 14.1. The van der Waals surface area contributed by atoms with Crippen LogP contribution in [0.1, 0.15) is 6.92 Å². The van der Waals surface area contributed by atoms with Gasteiger partial charge in [-0.05, 0) is 19.1 Å². The van der Waals surface area contributed by atoms with Crippen molar-refractivity contribution < 1.29 is 9.59 Å². The first-order valence-electron chi connectivity index (χ1n) is 7.18. The molecule has 0 radical (unpaired) electrons. The highest BCUT2D eigenvalue weighted by Crippen LogP contribution is 2.34. The van der Waals surface area contributed by atoms with Crippen LogP contribution >= 0.6 is 24.2 Å². The number of thioether (sulfide) groups is 1. The molecule has 22 heavy (non-hydrogen) atoms. The number of nitrogens with one attached hydrogen (secondary N) is 1. The standard InChI is InChI=1S/C15H19N3O2S.ClH/c1-11-8-17(7-6-16-11)14(19)9-18-12-4-2-3-5-13(12)21-10-15(18)20;/h2-5,11,16H,6-10H2,1H3;1H. The van der Waals surface area contributed by atoms with Gasteiger partial charge in [-0.1, -0.05) is 12.1 Å². The van der Waals surface area contributed by atoms with Crippen LogP contribution in [-0.4, -0.2) is 54.7 Å². The van der Waals surface area contributed by atoms with Gasteiger partial charge in [0.1, 0.15) is 6.54 Å². The zero-order chi connectivity index (χ0) is 14.8. The van der Waals surface area contributed by atoms with E-state index in [1.54, 1.807) is 4.90 Å². The second kappa shape index (κ2) is 7.35. The van der Waals surface area contributed by atoms with Gasteiger partial charge in [-0.25, -0.2) is 0 Å². The Morgan fingerprint density at radius 1 is 1.41 bits per heavy atom. The van der Waals surface area contributed by atoms with Gasteiger partial charge < -0.3 is 15.1 Å². The molecule has 2 amide bonds. The largest absolute Gasteiger partial charge is 0.338 e. The lowest BCUT2D eigenvalue weighted by molar-refractivity contribution is -0.132. The lowest BCUT2D eigenvalue weighted by Gasteiger charge is -2.35. The summed E-state index contributed by atoms with van der Waals surface area (Å²) in [7, 11) is 0. The fraction of sp³-hybridized carbons (Fsp3) is 0.467. The van der Waals surface area contributed by atoms with E-state index in [0.29, 0.717) is 24.9 Å². The molecule has 1 saturated heterocycles. The van der Waals surface area contributed by atoms with E-state index >= 15 is 0 Å². The Kier molecular flexibility index (Phi) is 5.72. The molecule has 2 aliphatic heterocycles. The van der Waals surface area contributed by atoms with E-state index in [4.69, 9.17) is 0 Å². The predicted octanol–water partition coefficient (Wildman–Crippen LogP) is 1.37. The van der Waals surface area contributed by atoms with Gasteiger partial charge in [-0.3, -0.25) is 9.59 Å². The van der Waals surface area contributed by atoms with Gasteiger partial charge in [0.25, 0.3) is 0 Å². The Bertz CT molecular complexity index is 569. The van der Waals surface area contributed by atoms with Crippen molar-refractivity contribution in [1.82, 2.24) is 10.2 Å². The summed E-state index contributed by atoms with van der Waals surface area (Å²) in [4.78, 5) is 29.2. The number of halogens is 1. The van der Waals surface area contributed by atoms with Gasteiger partial charge >= 0.3 is 0 Å². The maximum Gasteiger partial charge on any atom is 0.242 e. The minimum absolute atomic E-state index is 0. The molecule has 7 heteroatoms. The van der Waals surface area contributed by atoms with Crippen LogP contribution in [0.25, 0.3) is 0 Å². The number of fused-ring (bicyclic) bond motifs is 1. The second-order valence-electron chi connectivity index (χ2n) is 5.43. The van der Waals surface area contributed by atoms with Crippen molar-refractivity contribution in [2.45, 2.75) is 17.9 Å². The van der Waals surface area contributed by atoms with Gasteiger partial charge in [0.15, 0.2) is 0 Å². The summed E-state index contributed by atoms with van der Waals surface area (Å²) < 4.78 is 0. The normalized spacial score (nSPS) is 21.1. The highest BCUT2D eigenvalue weighted by atomic mass is 35.5. The van der Waals surface area contributed by atoms with E-state index in [-0.39, 0.29) is 30.8 Å². The highest BCUT2D eigenvalue weighted by molar-refractivity contribution is 8.00. The molecule has 1 fully saturated rings. The van der Waals surface area contributed by atoms with Crippen LogP contribution in [0.5, 0.6) is 0 Å². The summed E-state index contributed by atoms with van der Waals surface area (Å²) in [6.45, 7) is 4.44. The number of hydrogen-bond donors (Lipinski definition) is 1. The molecule has 1 unspecified atom stereocenters. The molecular weight excluding hydrogens is 322 g/mol. The van der Waals surface area contributed by atoms with E-state index < -0.39 is 0 Å². The van der Waals surface area contributed by atoms with Crippen molar-refractivity contribution in [3.8, 4) is 0 Å². The van der Waals surface area contributed by atoms with Gasteiger partial charge in [0.05, 0.1) is 11.4 Å². The van der Waals surface area contributed by atoms with Crippen molar-refractivity contribution in [2.24, 2.45) is 0 Å². The van der Waals surface area contributed by atoms with E-state index in [1.165, 1.54) is 11.8 Å². The van der Waals surface area contributed by atoms with Crippen molar-refractivity contribution in [2.75, 3.05) is 36.8 Å². The summed E-state index contributed by atoms with van der Waals surface area (Å²) in [5.74, 6) is 0.441. The molecule has 0 spiro atoms. The quantitative estimate of drug-likeness (QED) is 0.882. The Morgan fingerprint density at radius 3 is 2.95 bits per heavy atom. The molecule has 5 nitrogen and oxygen atoms in total. The molecule has 2 aliphatic rings. The maximum atomic E-state index is 12.5. The fourth-order valence-corrected chi connectivity index (χ4v) is 3.66. The van der Waals surface area contributed by atoms with Gasteiger partial charge in [0, 0.05) is 30.6 Å². The Labute approximate surface area is 140 Å². The molecule has 1 N–H and O–H groups in total. The SMILES string of the molecule is CC1CN(C(=O)CN2C(=O)CSc3ccccc32)CCN1.Cl. The first-order valence-corrected chi connectivity index (χ1v) is 8.17. The van der Waals surface area contributed by atoms with Gasteiger partial charge in [-0.15, -0.1) is 24.2 Å². The van der Waals surface area contributed by atoms with E-state index in [1.807, 2.05) is 29.2 Å². The van der Waals surface area contributed by atoms with Crippen LogP contribution in [-0.2, 0) is 9.59 Å². The predicted molar refractivity (Wildman–Crippen MR) is 90.8 cm³/mol. The first kappa shape index (κ1) is 17.1. The van der Waals surface area contributed by atoms with Crippen molar-refractivity contribution >= 4 is 41.7 Å². The number of amides is 2. The number of carbonyl (C=O) groups is 2. The van der Waals surface area contributed by atoms with E-state index in [0.717, 1.165) is 17.1 Å². The minimum atomic E-state index is 0. The third-order valence-electron chi connectivity index (χ3n) is 3.82. The van der Waals surface area contributed by atoms with Crippen molar-refractivity contribution in [3.63, 3.8) is 0 Å². The minimum Gasteiger partial charge on any atom is -0.338 e. The monoisotopic (exact) mass is 341 g/mol. The third-order valence-corrected chi connectivity index (χ3v) is 4.87. The molecule has 120 valence electrons. The average molecular weight is 342 g/mol. The van der Waals surface area contributed by atoms with Gasteiger partial charge in [-0.2, -0.15) is 0 Å². The van der Waals surface area contributed by atoms with Crippen LogP contribution in [0.15, 0.2) is 29.2 Å². The average Bonchev–Trinajstić information content (AvgIpc) is 2.50. The van der Waals surface area contributed by atoms with Crippen LogP contribution in [0.2, 0.25) is 0 Å². The summed E-state index contributed by atoms with van der Waals surface area (Å²) in [5.41, 5.74) is 0.857. The molecule has 0 aliphatic carbocycles. The third kappa shape index (κ3) is 3.56. The second-order valence-corrected chi connectivity index (χ2v) is 6.45. The van der Waals surface area contributed by atoms with E-state index in [9.17, 15) is 9.59 Å². The number of piperazine rings is 1. The highest BCUT2D eigenvalue weighted by Gasteiger charge is 2.29. The molecule has 3 rings (SSSR count). The molecule has 0 bridgehead atoms.